The molecule has 0 radical (unpaired) electrons. The van der Waals surface area contributed by atoms with Crippen LogP contribution in [0.15, 0.2) is 18.2 Å². The number of aromatic nitrogens is 2. The lowest BCUT2D eigenvalue weighted by Gasteiger charge is -2.32. The first-order chi connectivity index (χ1) is 12.8. The molecule has 1 amide bonds. The smallest absolute Gasteiger partial charge is 0.410 e. The number of para-hydroxylation sites is 1. The first kappa shape index (κ1) is 19.2. The van der Waals surface area contributed by atoms with Crippen molar-refractivity contribution in [1.29, 1.82) is 0 Å². The molecular formula is C20H27N3O4. The normalized spacial score (nSPS) is 15.8. The number of hydrogen-bond donors (Lipinski definition) is 1. The topological polar surface area (TPSA) is 84.5 Å². The number of fused-ring (bicyclic) bond motifs is 1. The van der Waals surface area contributed by atoms with E-state index in [0.717, 1.165) is 24.2 Å². The van der Waals surface area contributed by atoms with Crippen molar-refractivity contribution < 1.29 is 19.1 Å². The van der Waals surface area contributed by atoms with Gasteiger partial charge in [-0.3, -0.25) is 0 Å². The van der Waals surface area contributed by atoms with Gasteiger partial charge in [0.2, 0.25) is 0 Å². The Morgan fingerprint density at radius 1 is 1.26 bits per heavy atom. The van der Waals surface area contributed by atoms with E-state index in [1.54, 1.807) is 17.9 Å². The van der Waals surface area contributed by atoms with E-state index in [1.807, 2.05) is 32.9 Å². The van der Waals surface area contributed by atoms with Crippen LogP contribution in [0.1, 0.15) is 62.6 Å². The van der Waals surface area contributed by atoms with E-state index >= 15 is 0 Å². The molecule has 0 spiro atoms. The molecule has 7 nitrogen and oxygen atoms in total. The summed E-state index contributed by atoms with van der Waals surface area (Å²) >= 11 is 0. The van der Waals surface area contributed by atoms with E-state index in [9.17, 15) is 9.59 Å². The molecule has 0 atom stereocenters. The van der Waals surface area contributed by atoms with Crippen molar-refractivity contribution in [3.63, 3.8) is 0 Å². The second-order valence-electron chi connectivity index (χ2n) is 7.79. The minimum absolute atomic E-state index is 0.214. The predicted molar refractivity (Wildman–Crippen MR) is 102 cm³/mol. The largest absolute Gasteiger partial charge is 0.462 e. The number of H-pyrrole nitrogens is 1. The van der Waals surface area contributed by atoms with Crippen molar-refractivity contribution in [3.8, 4) is 0 Å². The van der Waals surface area contributed by atoms with Crippen molar-refractivity contribution >= 4 is 23.1 Å². The number of nitrogens with zero attached hydrogens (tertiary/aromatic N) is 2. The zero-order valence-electron chi connectivity index (χ0n) is 16.4. The first-order valence-electron chi connectivity index (χ1n) is 9.42. The number of ether oxygens (including phenoxy) is 2. The standard InChI is InChI=1S/C20H27N3O4/c1-5-26-18(24)14-7-6-8-15-16(14)22-17(21-15)13-9-11-23(12-10-13)19(25)27-20(2,3)4/h6-8,13H,5,9-12H2,1-4H3,(H,21,22). The minimum Gasteiger partial charge on any atom is -0.462 e. The van der Waals surface area contributed by atoms with Crippen LogP contribution in [0.3, 0.4) is 0 Å². The summed E-state index contributed by atoms with van der Waals surface area (Å²) < 4.78 is 10.6. The average molecular weight is 373 g/mol. The molecule has 1 aliphatic heterocycles. The van der Waals surface area contributed by atoms with E-state index in [2.05, 4.69) is 9.97 Å². The molecule has 27 heavy (non-hydrogen) atoms. The highest BCUT2D eigenvalue weighted by molar-refractivity contribution is 6.01. The van der Waals surface area contributed by atoms with E-state index in [1.165, 1.54) is 0 Å². The lowest BCUT2D eigenvalue weighted by molar-refractivity contribution is 0.0203. The van der Waals surface area contributed by atoms with Gasteiger partial charge in [0, 0.05) is 19.0 Å². The van der Waals surface area contributed by atoms with Crippen LogP contribution in [-0.4, -0.2) is 52.2 Å². The Labute approximate surface area is 159 Å². The van der Waals surface area contributed by atoms with Gasteiger partial charge in [0.25, 0.3) is 0 Å². The van der Waals surface area contributed by atoms with Crippen LogP contribution in [-0.2, 0) is 9.47 Å². The Balaban J connectivity index is 1.71. The molecule has 0 aliphatic carbocycles. The number of aromatic amines is 1. The van der Waals surface area contributed by atoms with E-state index in [4.69, 9.17) is 9.47 Å². The molecule has 2 aromatic rings. The summed E-state index contributed by atoms with van der Waals surface area (Å²) in [4.78, 5) is 34.1. The Bertz CT molecular complexity index is 829. The number of likely N-dealkylation sites (tertiary alicyclic amines) is 1. The summed E-state index contributed by atoms with van der Waals surface area (Å²) in [5.74, 6) is 0.706. The number of carbonyl (C=O) groups excluding carboxylic acids is 2. The van der Waals surface area contributed by atoms with Gasteiger partial charge in [-0.15, -0.1) is 0 Å². The summed E-state index contributed by atoms with van der Waals surface area (Å²) in [6, 6.07) is 5.46. The van der Waals surface area contributed by atoms with Crippen molar-refractivity contribution in [2.24, 2.45) is 0 Å². The van der Waals surface area contributed by atoms with Crippen LogP contribution in [0.2, 0.25) is 0 Å². The van der Waals surface area contributed by atoms with Gasteiger partial charge in [-0.25, -0.2) is 14.6 Å². The number of rotatable bonds is 3. The second kappa shape index (κ2) is 7.58. The molecule has 0 saturated carbocycles. The van der Waals surface area contributed by atoms with E-state index < -0.39 is 5.60 Å². The molecule has 7 heteroatoms. The Morgan fingerprint density at radius 3 is 2.59 bits per heavy atom. The van der Waals surface area contributed by atoms with Crippen LogP contribution in [0.25, 0.3) is 11.0 Å². The maximum absolute atomic E-state index is 12.2. The number of piperidine rings is 1. The quantitative estimate of drug-likeness (QED) is 0.826. The summed E-state index contributed by atoms with van der Waals surface area (Å²) in [6.45, 7) is 8.97. The first-order valence-corrected chi connectivity index (χ1v) is 9.42. The molecule has 0 bridgehead atoms. The van der Waals surface area contributed by atoms with Crippen LogP contribution in [0.5, 0.6) is 0 Å². The zero-order chi connectivity index (χ0) is 19.6. The lowest BCUT2D eigenvalue weighted by atomic mass is 9.96. The molecule has 3 rings (SSSR count). The number of amides is 1. The van der Waals surface area contributed by atoms with Gasteiger partial charge in [-0.05, 0) is 52.7 Å². The maximum Gasteiger partial charge on any atom is 0.410 e. The number of esters is 1. The Kier molecular flexibility index (Phi) is 5.39. The van der Waals surface area contributed by atoms with Gasteiger partial charge < -0.3 is 19.4 Å². The van der Waals surface area contributed by atoms with Crippen molar-refractivity contribution in [3.05, 3.63) is 29.6 Å². The molecule has 1 aromatic carbocycles. The zero-order valence-corrected chi connectivity index (χ0v) is 16.4. The van der Waals surface area contributed by atoms with Gasteiger partial charge in [-0.1, -0.05) is 6.07 Å². The minimum atomic E-state index is -0.490. The van der Waals surface area contributed by atoms with E-state index in [0.29, 0.717) is 30.8 Å². The SMILES string of the molecule is CCOC(=O)c1cccc2[nH]c(C3CCN(C(=O)OC(C)(C)C)CC3)nc12. The molecule has 1 fully saturated rings. The third-order valence-corrected chi connectivity index (χ3v) is 4.56. The fourth-order valence-electron chi connectivity index (χ4n) is 3.28. The van der Waals surface area contributed by atoms with Gasteiger partial charge in [0.1, 0.15) is 16.9 Å². The second-order valence-corrected chi connectivity index (χ2v) is 7.79. The Morgan fingerprint density at radius 2 is 1.96 bits per heavy atom. The number of nitrogens with one attached hydrogen (secondary N) is 1. The molecule has 1 saturated heterocycles. The molecule has 1 aliphatic rings. The molecule has 1 N–H and O–H groups in total. The number of carbonyl (C=O) groups is 2. The number of benzene rings is 1. The maximum atomic E-state index is 12.2. The third-order valence-electron chi connectivity index (χ3n) is 4.56. The van der Waals surface area contributed by atoms with Crippen LogP contribution >= 0.6 is 0 Å². The molecular weight excluding hydrogens is 346 g/mol. The van der Waals surface area contributed by atoms with Gasteiger partial charge >= 0.3 is 12.1 Å². The van der Waals surface area contributed by atoms with Crippen LogP contribution < -0.4 is 0 Å². The summed E-state index contributed by atoms with van der Waals surface area (Å²) in [5, 5.41) is 0. The Hall–Kier alpha value is -2.57. The van der Waals surface area contributed by atoms with Gasteiger partial charge in [-0.2, -0.15) is 0 Å². The van der Waals surface area contributed by atoms with E-state index in [-0.39, 0.29) is 18.0 Å². The highest BCUT2D eigenvalue weighted by atomic mass is 16.6. The fourth-order valence-corrected chi connectivity index (χ4v) is 3.28. The summed E-state index contributed by atoms with van der Waals surface area (Å²) in [7, 11) is 0. The number of imidazole rings is 1. The monoisotopic (exact) mass is 373 g/mol. The highest BCUT2D eigenvalue weighted by Crippen LogP contribution is 2.29. The van der Waals surface area contributed by atoms with Crippen molar-refractivity contribution in [1.82, 2.24) is 14.9 Å². The summed E-state index contributed by atoms with van der Waals surface area (Å²) in [5.41, 5.74) is 1.45. The lowest BCUT2D eigenvalue weighted by Crippen LogP contribution is -2.41. The molecule has 2 heterocycles. The van der Waals surface area contributed by atoms with Crippen molar-refractivity contribution in [2.45, 2.75) is 52.1 Å². The highest BCUT2D eigenvalue weighted by Gasteiger charge is 2.29. The molecule has 146 valence electrons. The van der Waals surface area contributed by atoms with Crippen LogP contribution in [0, 0.1) is 0 Å². The van der Waals surface area contributed by atoms with Gasteiger partial charge in [0.15, 0.2) is 0 Å². The molecule has 1 aromatic heterocycles. The fraction of sp³-hybridized carbons (Fsp3) is 0.550. The van der Waals surface area contributed by atoms with Crippen molar-refractivity contribution in [2.75, 3.05) is 19.7 Å². The van der Waals surface area contributed by atoms with Gasteiger partial charge in [0.05, 0.1) is 17.7 Å². The average Bonchev–Trinajstić information content (AvgIpc) is 3.04. The third kappa shape index (κ3) is 4.40. The number of hydrogen-bond acceptors (Lipinski definition) is 5. The van der Waals surface area contributed by atoms with Crippen LogP contribution in [0.4, 0.5) is 4.79 Å². The summed E-state index contributed by atoms with van der Waals surface area (Å²) in [6.07, 6.45) is 1.33. The predicted octanol–water partition coefficient (Wildman–Crippen LogP) is 3.85. The molecule has 0 unspecified atom stereocenters.